The fourth-order valence-electron chi connectivity index (χ4n) is 3.95. The van der Waals surface area contributed by atoms with Crippen molar-refractivity contribution in [1.29, 1.82) is 0 Å². The van der Waals surface area contributed by atoms with Crippen LogP contribution in [0.3, 0.4) is 0 Å². The second-order valence-electron chi connectivity index (χ2n) is 7.72. The summed E-state index contributed by atoms with van der Waals surface area (Å²) in [5.74, 6) is 0.980. The highest BCUT2D eigenvalue weighted by atomic mass is 16.5. The van der Waals surface area contributed by atoms with Crippen molar-refractivity contribution >= 4 is 5.91 Å². The van der Waals surface area contributed by atoms with E-state index in [-0.39, 0.29) is 11.9 Å². The van der Waals surface area contributed by atoms with Crippen LogP contribution >= 0.6 is 0 Å². The van der Waals surface area contributed by atoms with Gasteiger partial charge in [-0.05, 0) is 44.3 Å². The molecule has 2 fully saturated rings. The molecule has 0 aliphatic carbocycles. The molecule has 0 aromatic heterocycles. The van der Waals surface area contributed by atoms with Crippen LogP contribution in [0.5, 0.6) is 0 Å². The maximum Gasteiger partial charge on any atom is 0.236 e. The third-order valence-corrected chi connectivity index (χ3v) is 5.94. The van der Waals surface area contributed by atoms with Gasteiger partial charge in [-0.25, -0.2) is 0 Å². The largest absolute Gasteiger partial charge is 0.379 e. The molecule has 0 bridgehead atoms. The molecule has 144 valence electrons. The minimum atomic E-state index is 0.113. The third-order valence-electron chi connectivity index (χ3n) is 5.94. The summed E-state index contributed by atoms with van der Waals surface area (Å²) in [5.41, 5.74) is 1.19. The standard InChI is InChI=1S/C21H33N3O2/c1-18(20-6-4-3-5-7-20)22(2)21(25)17-23-10-8-19(9-11-23)16-24-12-14-26-15-13-24/h3-7,18-19H,8-17H2,1-2H3. The molecular weight excluding hydrogens is 326 g/mol. The molecule has 5 heteroatoms. The lowest BCUT2D eigenvalue weighted by atomic mass is 9.96. The van der Waals surface area contributed by atoms with Crippen LogP contribution in [-0.4, -0.2) is 80.1 Å². The van der Waals surface area contributed by atoms with E-state index in [9.17, 15) is 4.79 Å². The Labute approximate surface area is 157 Å². The first-order chi connectivity index (χ1) is 12.6. The molecule has 1 amide bonds. The van der Waals surface area contributed by atoms with Crippen molar-refractivity contribution in [2.45, 2.75) is 25.8 Å². The molecule has 0 radical (unpaired) electrons. The molecule has 0 spiro atoms. The predicted octanol–water partition coefficient (Wildman–Crippen LogP) is 2.25. The number of morpholine rings is 1. The summed E-state index contributed by atoms with van der Waals surface area (Å²) < 4.78 is 5.43. The Kier molecular flexibility index (Phi) is 7.06. The van der Waals surface area contributed by atoms with E-state index in [2.05, 4.69) is 28.9 Å². The van der Waals surface area contributed by atoms with Gasteiger partial charge in [0.1, 0.15) is 0 Å². The van der Waals surface area contributed by atoms with Crippen molar-refractivity contribution in [2.24, 2.45) is 5.92 Å². The summed E-state index contributed by atoms with van der Waals surface area (Å²) in [6.45, 7) is 9.79. The van der Waals surface area contributed by atoms with Gasteiger partial charge in [-0.3, -0.25) is 14.6 Å². The lowest BCUT2D eigenvalue weighted by Gasteiger charge is -2.36. The number of rotatable bonds is 6. The Morgan fingerprint density at radius 2 is 1.77 bits per heavy atom. The number of piperidine rings is 1. The summed E-state index contributed by atoms with van der Waals surface area (Å²) in [6.07, 6.45) is 2.39. The normalized spacial score (nSPS) is 21.5. The maximum absolute atomic E-state index is 12.7. The number of carbonyl (C=O) groups is 1. The van der Waals surface area contributed by atoms with E-state index in [4.69, 9.17) is 4.74 Å². The first-order valence-corrected chi connectivity index (χ1v) is 9.96. The maximum atomic E-state index is 12.7. The van der Waals surface area contributed by atoms with Crippen LogP contribution in [-0.2, 0) is 9.53 Å². The number of hydrogen-bond donors (Lipinski definition) is 0. The lowest BCUT2D eigenvalue weighted by Crippen LogP contribution is -2.45. The van der Waals surface area contributed by atoms with E-state index in [1.54, 1.807) is 0 Å². The number of benzene rings is 1. The molecular formula is C21H33N3O2. The average molecular weight is 360 g/mol. The van der Waals surface area contributed by atoms with Crippen molar-refractivity contribution in [3.8, 4) is 0 Å². The van der Waals surface area contributed by atoms with Crippen molar-refractivity contribution in [3.63, 3.8) is 0 Å². The monoisotopic (exact) mass is 359 g/mol. The van der Waals surface area contributed by atoms with E-state index >= 15 is 0 Å². The molecule has 3 rings (SSSR count). The number of likely N-dealkylation sites (tertiary alicyclic amines) is 1. The van der Waals surface area contributed by atoms with E-state index in [1.807, 2.05) is 30.1 Å². The molecule has 2 saturated heterocycles. The smallest absolute Gasteiger partial charge is 0.236 e. The van der Waals surface area contributed by atoms with Crippen molar-refractivity contribution in [3.05, 3.63) is 35.9 Å². The SMILES string of the molecule is CC(c1ccccc1)N(C)C(=O)CN1CCC(CN2CCOCC2)CC1. The fraction of sp³-hybridized carbons (Fsp3) is 0.667. The highest BCUT2D eigenvalue weighted by molar-refractivity contribution is 5.78. The number of likely N-dealkylation sites (N-methyl/N-ethyl adjacent to an activating group) is 1. The molecule has 2 heterocycles. The molecule has 1 atom stereocenters. The Morgan fingerprint density at radius 3 is 2.42 bits per heavy atom. The van der Waals surface area contributed by atoms with Crippen molar-refractivity contribution in [1.82, 2.24) is 14.7 Å². The molecule has 1 aromatic carbocycles. The van der Waals surface area contributed by atoms with E-state index in [1.165, 1.54) is 24.9 Å². The zero-order valence-electron chi connectivity index (χ0n) is 16.3. The van der Waals surface area contributed by atoms with Gasteiger partial charge in [-0.2, -0.15) is 0 Å². The molecule has 26 heavy (non-hydrogen) atoms. The third kappa shape index (κ3) is 5.29. The summed E-state index contributed by atoms with van der Waals surface area (Å²) >= 11 is 0. The molecule has 1 unspecified atom stereocenters. The molecule has 0 saturated carbocycles. The first kappa shape index (κ1) is 19.3. The summed E-state index contributed by atoms with van der Waals surface area (Å²) in [7, 11) is 1.92. The van der Waals surface area contributed by atoms with Crippen LogP contribution in [0.4, 0.5) is 0 Å². The highest BCUT2D eigenvalue weighted by Gasteiger charge is 2.25. The van der Waals surface area contributed by atoms with E-state index in [0.29, 0.717) is 6.54 Å². The first-order valence-electron chi connectivity index (χ1n) is 9.96. The van der Waals surface area contributed by atoms with E-state index in [0.717, 1.165) is 45.3 Å². The van der Waals surface area contributed by atoms with Crippen LogP contribution in [0.2, 0.25) is 0 Å². The number of hydrogen-bond acceptors (Lipinski definition) is 4. The van der Waals surface area contributed by atoms with Gasteiger partial charge >= 0.3 is 0 Å². The Hall–Kier alpha value is -1.43. The van der Waals surface area contributed by atoms with Crippen LogP contribution < -0.4 is 0 Å². The lowest BCUT2D eigenvalue weighted by molar-refractivity contribution is -0.133. The quantitative estimate of drug-likeness (QED) is 0.781. The van der Waals surface area contributed by atoms with E-state index < -0.39 is 0 Å². The fourth-order valence-corrected chi connectivity index (χ4v) is 3.95. The topological polar surface area (TPSA) is 36.0 Å². The second-order valence-corrected chi connectivity index (χ2v) is 7.72. The number of nitrogens with zero attached hydrogens (tertiary/aromatic N) is 3. The Balaban J connectivity index is 1.41. The number of amides is 1. The Morgan fingerprint density at radius 1 is 1.12 bits per heavy atom. The van der Waals surface area contributed by atoms with Crippen LogP contribution in [0, 0.1) is 5.92 Å². The van der Waals surface area contributed by atoms with Gasteiger partial charge < -0.3 is 9.64 Å². The van der Waals surface area contributed by atoms with Gasteiger partial charge in [0, 0.05) is 26.7 Å². The summed E-state index contributed by atoms with van der Waals surface area (Å²) in [4.78, 5) is 19.4. The zero-order chi connectivity index (χ0) is 18.4. The van der Waals surface area contributed by atoms with Gasteiger partial charge in [-0.15, -0.1) is 0 Å². The van der Waals surface area contributed by atoms with Crippen LogP contribution in [0.1, 0.15) is 31.4 Å². The predicted molar refractivity (Wildman–Crippen MR) is 104 cm³/mol. The van der Waals surface area contributed by atoms with Gasteiger partial charge in [-0.1, -0.05) is 30.3 Å². The summed E-state index contributed by atoms with van der Waals surface area (Å²) in [6, 6.07) is 10.4. The average Bonchev–Trinajstić information content (AvgIpc) is 2.70. The second kappa shape index (κ2) is 9.49. The van der Waals surface area contributed by atoms with Crippen LogP contribution in [0.15, 0.2) is 30.3 Å². The highest BCUT2D eigenvalue weighted by Crippen LogP contribution is 2.21. The van der Waals surface area contributed by atoms with Gasteiger partial charge in [0.15, 0.2) is 0 Å². The minimum Gasteiger partial charge on any atom is -0.379 e. The Bertz CT molecular complexity index is 552. The zero-order valence-corrected chi connectivity index (χ0v) is 16.3. The molecule has 2 aliphatic rings. The van der Waals surface area contributed by atoms with Crippen molar-refractivity contribution < 1.29 is 9.53 Å². The number of carbonyl (C=O) groups excluding carboxylic acids is 1. The minimum absolute atomic E-state index is 0.113. The van der Waals surface area contributed by atoms with Crippen LogP contribution in [0.25, 0.3) is 0 Å². The molecule has 2 aliphatic heterocycles. The summed E-state index contributed by atoms with van der Waals surface area (Å²) in [5, 5.41) is 0. The molecule has 1 aromatic rings. The number of ether oxygens (including phenoxy) is 1. The van der Waals surface area contributed by atoms with Crippen molar-refractivity contribution in [2.75, 3.05) is 59.5 Å². The van der Waals surface area contributed by atoms with Gasteiger partial charge in [0.2, 0.25) is 5.91 Å². The molecule has 0 N–H and O–H groups in total. The molecule has 5 nitrogen and oxygen atoms in total. The van der Waals surface area contributed by atoms with Gasteiger partial charge in [0.25, 0.3) is 0 Å². The van der Waals surface area contributed by atoms with Gasteiger partial charge in [0.05, 0.1) is 25.8 Å².